The summed E-state index contributed by atoms with van der Waals surface area (Å²) in [5.74, 6) is -0.526. The highest BCUT2D eigenvalue weighted by atomic mass is 16.6. The summed E-state index contributed by atoms with van der Waals surface area (Å²) in [6.45, 7) is 6.27. The molecule has 0 unspecified atom stereocenters. The SMILES string of the molecule is CC(C)(C)OC(=O)NCc1cccc(-c2cnc(N)c(C(=O)N[C@H]3CCCN(C(=O)O)C3)n2)c1. The molecule has 34 heavy (non-hydrogen) atoms. The number of nitrogens with zero attached hydrogens (tertiary/aromatic N) is 3. The highest BCUT2D eigenvalue weighted by Gasteiger charge is 2.26. The van der Waals surface area contributed by atoms with Crippen molar-refractivity contribution in [1.82, 2.24) is 25.5 Å². The van der Waals surface area contributed by atoms with E-state index in [4.69, 9.17) is 10.5 Å². The molecule has 2 aromatic rings. The zero-order valence-electron chi connectivity index (χ0n) is 19.5. The number of ether oxygens (including phenoxy) is 1. The van der Waals surface area contributed by atoms with Crippen LogP contribution >= 0.6 is 0 Å². The van der Waals surface area contributed by atoms with Gasteiger partial charge in [0.25, 0.3) is 5.91 Å². The van der Waals surface area contributed by atoms with Crippen molar-refractivity contribution in [2.45, 2.75) is 51.8 Å². The second-order valence-electron chi connectivity index (χ2n) is 9.09. The van der Waals surface area contributed by atoms with E-state index in [9.17, 15) is 19.5 Å². The van der Waals surface area contributed by atoms with Gasteiger partial charge in [0, 0.05) is 31.2 Å². The van der Waals surface area contributed by atoms with Crippen LogP contribution in [0, 0.1) is 0 Å². The van der Waals surface area contributed by atoms with E-state index in [1.165, 1.54) is 11.1 Å². The maximum Gasteiger partial charge on any atom is 0.407 e. The third kappa shape index (κ3) is 6.80. The van der Waals surface area contributed by atoms with Crippen molar-refractivity contribution < 1.29 is 24.2 Å². The van der Waals surface area contributed by atoms with Crippen molar-refractivity contribution in [3.05, 3.63) is 41.7 Å². The molecule has 3 rings (SSSR count). The standard InChI is InChI=1S/C23H30N6O5/c1-23(2,3)34-21(31)26-11-14-6-4-7-15(10-14)17-12-25-19(24)18(28-17)20(30)27-16-8-5-9-29(13-16)22(32)33/h4,6-7,10,12,16H,5,8-9,11,13H2,1-3H3,(H2,24,25)(H,26,31)(H,27,30)(H,32,33)/t16-/m0/s1. The second-order valence-corrected chi connectivity index (χ2v) is 9.09. The summed E-state index contributed by atoms with van der Waals surface area (Å²) < 4.78 is 5.25. The maximum absolute atomic E-state index is 12.8. The van der Waals surface area contributed by atoms with Crippen molar-refractivity contribution >= 4 is 23.9 Å². The Bertz CT molecular complexity index is 1070. The van der Waals surface area contributed by atoms with Gasteiger partial charge >= 0.3 is 12.2 Å². The topological polar surface area (TPSA) is 160 Å². The second kappa shape index (κ2) is 10.4. The lowest BCUT2D eigenvalue weighted by Gasteiger charge is -2.31. The van der Waals surface area contributed by atoms with E-state index < -0.39 is 23.7 Å². The molecule has 182 valence electrons. The Labute approximate surface area is 197 Å². The normalized spacial score (nSPS) is 16.0. The summed E-state index contributed by atoms with van der Waals surface area (Å²) in [6, 6.07) is 6.96. The van der Waals surface area contributed by atoms with Crippen molar-refractivity contribution in [2.75, 3.05) is 18.8 Å². The number of benzene rings is 1. The van der Waals surface area contributed by atoms with E-state index in [0.29, 0.717) is 30.6 Å². The molecule has 0 aliphatic carbocycles. The number of nitrogen functional groups attached to an aromatic ring is 1. The van der Waals surface area contributed by atoms with Crippen molar-refractivity contribution in [2.24, 2.45) is 0 Å². The lowest BCUT2D eigenvalue weighted by molar-refractivity contribution is 0.0523. The van der Waals surface area contributed by atoms with Crippen LogP contribution in [0.2, 0.25) is 0 Å². The van der Waals surface area contributed by atoms with E-state index in [1.54, 1.807) is 20.8 Å². The molecule has 1 fully saturated rings. The number of nitrogens with two attached hydrogens (primary N) is 1. The van der Waals surface area contributed by atoms with Gasteiger partial charge in [0.15, 0.2) is 11.5 Å². The highest BCUT2D eigenvalue weighted by Crippen LogP contribution is 2.20. The maximum atomic E-state index is 12.8. The van der Waals surface area contributed by atoms with Gasteiger partial charge in [0.05, 0.1) is 11.9 Å². The summed E-state index contributed by atoms with van der Waals surface area (Å²) in [4.78, 5) is 45.8. The largest absolute Gasteiger partial charge is 0.465 e. The molecule has 11 nitrogen and oxygen atoms in total. The number of carboxylic acid groups (broad SMARTS) is 1. The van der Waals surface area contributed by atoms with Gasteiger partial charge in [-0.15, -0.1) is 0 Å². The van der Waals surface area contributed by atoms with Gasteiger partial charge in [-0.05, 0) is 45.2 Å². The van der Waals surface area contributed by atoms with Gasteiger partial charge in [0.2, 0.25) is 0 Å². The molecule has 0 spiro atoms. The Morgan fingerprint density at radius 3 is 2.76 bits per heavy atom. The Morgan fingerprint density at radius 1 is 1.29 bits per heavy atom. The van der Waals surface area contributed by atoms with E-state index in [0.717, 1.165) is 5.56 Å². The third-order valence-corrected chi connectivity index (χ3v) is 5.10. The summed E-state index contributed by atoms with van der Waals surface area (Å²) in [6.07, 6.45) is 1.26. The average molecular weight is 471 g/mol. The monoisotopic (exact) mass is 470 g/mol. The molecule has 3 amide bonds. The number of carbonyl (C=O) groups excluding carboxylic acids is 2. The van der Waals surface area contributed by atoms with Crippen LogP contribution in [0.4, 0.5) is 15.4 Å². The molecule has 1 aliphatic heterocycles. The molecular formula is C23H30N6O5. The number of likely N-dealkylation sites (tertiary alicyclic amines) is 1. The highest BCUT2D eigenvalue weighted by molar-refractivity contribution is 5.97. The number of hydrogen-bond donors (Lipinski definition) is 4. The third-order valence-electron chi connectivity index (χ3n) is 5.10. The van der Waals surface area contributed by atoms with Crippen LogP contribution in [0.5, 0.6) is 0 Å². The van der Waals surface area contributed by atoms with E-state index in [-0.39, 0.29) is 30.6 Å². The number of amides is 3. The molecule has 0 saturated carbocycles. The van der Waals surface area contributed by atoms with Crippen molar-refractivity contribution in [3.63, 3.8) is 0 Å². The molecule has 1 atom stereocenters. The number of carbonyl (C=O) groups is 3. The van der Waals surface area contributed by atoms with Crippen LogP contribution in [-0.4, -0.2) is 62.8 Å². The summed E-state index contributed by atoms with van der Waals surface area (Å²) in [5.41, 5.74) is 7.24. The molecule has 2 heterocycles. The lowest BCUT2D eigenvalue weighted by Crippen LogP contribution is -2.49. The zero-order chi connectivity index (χ0) is 24.9. The lowest BCUT2D eigenvalue weighted by atomic mass is 10.1. The first-order valence-electron chi connectivity index (χ1n) is 11.0. The van der Waals surface area contributed by atoms with Gasteiger partial charge in [-0.3, -0.25) is 4.79 Å². The number of alkyl carbamates (subject to hydrolysis) is 1. The molecule has 0 bridgehead atoms. The molecule has 0 radical (unpaired) electrons. The fourth-order valence-corrected chi connectivity index (χ4v) is 3.56. The molecule has 1 aliphatic rings. The number of rotatable bonds is 5. The molecule has 1 aromatic heterocycles. The van der Waals surface area contributed by atoms with Crippen molar-refractivity contribution in [1.29, 1.82) is 0 Å². The molecular weight excluding hydrogens is 440 g/mol. The smallest absolute Gasteiger partial charge is 0.407 e. The average Bonchev–Trinajstić information content (AvgIpc) is 2.77. The Balaban J connectivity index is 1.70. The van der Waals surface area contributed by atoms with Crippen LogP contribution in [0.3, 0.4) is 0 Å². The predicted octanol–water partition coefficient (Wildman–Crippen LogP) is 2.62. The summed E-state index contributed by atoms with van der Waals surface area (Å²) in [7, 11) is 0. The van der Waals surface area contributed by atoms with E-state index in [2.05, 4.69) is 20.6 Å². The molecule has 11 heteroatoms. The van der Waals surface area contributed by atoms with Gasteiger partial charge < -0.3 is 31.1 Å². The van der Waals surface area contributed by atoms with Crippen LogP contribution < -0.4 is 16.4 Å². The Hall–Kier alpha value is -3.89. The Kier molecular flexibility index (Phi) is 7.54. The minimum atomic E-state index is -1.01. The van der Waals surface area contributed by atoms with E-state index in [1.807, 2.05) is 24.3 Å². The van der Waals surface area contributed by atoms with Crippen LogP contribution in [-0.2, 0) is 11.3 Å². The van der Waals surface area contributed by atoms with E-state index >= 15 is 0 Å². The van der Waals surface area contributed by atoms with Gasteiger partial charge in [-0.25, -0.2) is 19.6 Å². The fraction of sp³-hybridized carbons (Fsp3) is 0.435. The van der Waals surface area contributed by atoms with Crippen LogP contribution in [0.1, 0.15) is 49.7 Å². The van der Waals surface area contributed by atoms with Crippen molar-refractivity contribution in [3.8, 4) is 11.3 Å². The quantitative estimate of drug-likeness (QED) is 0.519. The summed E-state index contributed by atoms with van der Waals surface area (Å²) in [5, 5.41) is 14.7. The first-order chi connectivity index (χ1) is 16.0. The number of aromatic nitrogens is 2. The van der Waals surface area contributed by atoms with Gasteiger partial charge in [-0.2, -0.15) is 0 Å². The minimum absolute atomic E-state index is 0.0186. The first kappa shape index (κ1) is 24.7. The predicted molar refractivity (Wildman–Crippen MR) is 125 cm³/mol. The molecule has 1 aromatic carbocycles. The first-order valence-corrected chi connectivity index (χ1v) is 11.0. The minimum Gasteiger partial charge on any atom is -0.465 e. The van der Waals surface area contributed by atoms with Gasteiger partial charge in [0.1, 0.15) is 5.60 Å². The number of hydrogen-bond acceptors (Lipinski definition) is 7. The number of nitrogens with one attached hydrogen (secondary N) is 2. The zero-order valence-corrected chi connectivity index (χ0v) is 19.5. The molecule has 5 N–H and O–H groups in total. The molecule has 1 saturated heterocycles. The summed E-state index contributed by atoms with van der Waals surface area (Å²) >= 11 is 0. The van der Waals surface area contributed by atoms with Crippen LogP contribution in [0.25, 0.3) is 11.3 Å². The number of anilines is 1. The van der Waals surface area contributed by atoms with Crippen LogP contribution in [0.15, 0.2) is 30.5 Å². The number of piperidine rings is 1. The van der Waals surface area contributed by atoms with Gasteiger partial charge in [-0.1, -0.05) is 18.2 Å². The fourth-order valence-electron chi connectivity index (χ4n) is 3.56. The Morgan fingerprint density at radius 2 is 2.06 bits per heavy atom.